The number of halogens is 3. The molecular weight excluding hydrogens is 313 g/mol. The van der Waals surface area contributed by atoms with Crippen LogP contribution in [0, 0.1) is 0 Å². The lowest BCUT2D eigenvalue weighted by Crippen LogP contribution is -2.29. The van der Waals surface area contributed by atoms with Crippen molar-refractivity contribution < 1.29 is 18.0 Å². The van der Waals surface area contributed by atoms with Gasteiger partial charge in [-0.3, -0.25) is 14.6 Å². The van der Waals surface area contributed by atoms with E-state index in [1.807, 2.05) is 0 Å². The van der Waals surface area contributed by atoms with Crippen molar-refractivity contribution in [3.05, 3.63) is 57.5 Å². The third kappa shape index (κ3) is 4.09. The van der Waals surface area contributed by atoms with Crippen LogP contribution in [0.25, 0.3) is 0 Å². The molecule has 9 heteroatoms. The minimum atomic E-state index is -4.42. The molecule has 0 fully saturated rings. The predicted molar refractivity (Wildman–Crippen MR) is 76.6 cm³/mol. The fourth-order valence-corrected chi connectivity index (χ4v) is 1.91. The van der Waals surface area contributed by atoms with Crippen LogP contribution in [0.1, 0.15) is 34.6 Å². The molecule has 0 radical (unpaired) electrons. The Morgan fingerprint density at radius 3 is 2.43 bits per heavy atom. The minimum absolute atomic E-state index is 0.176. The standard InChI is InChI=1S/C14H13F3N4O2/c1-7(8-2-4-9(5-3-8)14(15,16)17)19-12(23)10-6-11(22)21-13(18)20-10/h2-7H,1H3,(H,19,23)(H3,18,20,21,22)/t7-/m1/s1. The Bertz CT molecular complexity index is 769. The van der Waals surface area contributed by atoms with Crippen molar-refractivity contribution in [2.45, 2.75) is 19.1 Å². The van der Waals surface area contributed by atoms with E-state index in [1.165, 1.54) is 12.1 Å². The number of aromatic nitrogens is 2. The number of nitrogens with zero attached hydrogens (tertiary/aromatic N) is 1. The van der Waals surface area contributed by atoms with Crippen molar-refractivity contribution in [1.82, 2.24) is 15.3 Å². The third-order valence-corrected chi connectivity index (χ3v) is 3.08. The SMILES string of the molecule is C[C@@H](NC(=O)c1cc(=O)[nH]c(N)n1)c1ccc(C(F)(F)F)cc1. The van der Waals surface area contributed by atoms with Crippen molar-refractivity contribution in [2.75, 3.05) is 5.73 Å². The van der Waals surface area contributed by atoms with Crippen molar-refractivity contribution in [3.63, 3.8) is 0 Å². The molecule has 1 atom stereocenters. The van der Waals surface area contributed by atoms with Crippen molar-refractivity contribution in [1.29, 1.82) is 0 Å². The molecular formula is C14H13F3N4O2. The van der Waals surface area contributed by atoms with Crippen LogP contribution in [-0.2, 0) is 6.18 Å². The van der Waals surface area contributed by atoms with E-state index in [4.69, 9.17) is 5.73 Å². The number of aromatic amines is 1. The molecule has 1 aromatic carbocycles. The molecule has 6 nitrogen and oxygen atoms in total. The highest BCUT2D eigenvalue weighted by molar-refractivity contribution is 5.92. The van der Waals surface area contributed by atoms with Gasteiger partial charge < -0.3 is 11.1 Å². The van der Waals surface area contributed by atoms with Crippen LogP contribution in [0.3, 0.4) is 0 Å². The topological polar surface area (TPSA) is 101 Å². The predicted octanol–water partition coefficient (Wildman–Crippen LogP) is 1.86. The molecule has 2 rings (SSSR count). The average Bonchev–Trinajstić information content (AvgIpc) is 2.45. The average molecular weight is 326 g/mol. The van der Waals surface area contributed by atoms with E-state index in [-0.39, 0.29) is 11.6 Å². The summed E-state index contributed by atoms with van der Waals surface area (Å²) in [4.78, 5) is 29.1. The number of nitrogens with one attached hydrogen (secondary N) is 2. The number of anilines is 1. The second kappa shape index (κ2) is 6.11. The second-order valence-electron chi connectivity index (χ2n) is 4.83. The zero-order valence-electron chi connectivity index (χ0n) is 11.9. The number of alkyl halides is 3. The van der Waals surface area contributed by atoms with Gasteiger partial charge in [0, 0.05) is 6.07 Å². The summed E-state index contributed by atoms with van der Waals surface area (Å²) in [7, 11) is 0. The number of nitrogen functional groups attached to an aromatic ring is 1. The summed E-state index contributed by atoms with van der Waals surface area (Å²) in [5.74, 6) is -0.861. The lowest BCUT2D eigenvalue weighted by atomic mass is 10.1. The number of carbonyl (C=O) groups is 1. The Labute approximate surface area is 128 Å². The van der Waals surface area contributed by atoms with Crippen molar-refractivity contribution in [3.8, 4) is 0 Å². The first-order valence-corrected chi connectivity index (χ1v) is 6.51. The van der Waals surface area contributed by atoms with Gasteiger partial charge >= 0.3 is 6.18 Å². The number of nitrogens with two attached hydrogens (primary N) is 1. The van der Waals surface area contributed by atoms with Crippen LogP contribution < -0.4 is 16.6 Å². The molecule has 1 heterocycles. The molecule has 0 aliphatic carbocycles. The van der Waals surface area contributed by atoms with E-state index < -0.39 is 29.2 Å². The van der Waals surface area contributed by atoms with Gasteiger partial charge in [0.15, 0.2) is 0 Å². The maximum Gasteiger partial charge on any atom is 0.416 e. The van der Waals surface area contributed by atoms with Crippen LogP contribution >= 0.6 is 0 Å². The Balaban J connectivity index is 2.13. The van der Waals surface area contributed by atoms with Gasteiger partial charge in [0.25, 0.3) is 11.5 Å². The van der Waals surface area contributed by atoms with Crippen LogP contribution in [0.5, 0.6) is 0 Å². The number of carbonyl (C=O) groups excluding carboxylic acids is 1. The van der Waals surface area contributed by atoms with Gasteiger partial charge in [0.2, 0.25) is 5.95 Å². The smallest absolute Gasteiger partial charge is 0.369 e. The van der Waals surface area contributed by atoms with Crippen molar-refractivity contribution >= 4 is 11.9 Å². The van der Waals surface area contributed by atoms with E-state index in [1.54, 1.807) is 6.92 Å². The monoisotopic (exact) mass is 326 g/mol. The number of hydrogen-bond acceptors (Lipinski definition) is 4. The Morgan fingerprint density at radius 2 is 1.91 bits per heavy atom. The molecule has 0 saturated carbocycles. The van der Waals surface area contributed by atoms with Gasteiger partial charge in [-0.05, 0) is 24.6 Å². The summed E-state index contributed by atoms with van der Waals surface area (Å²) in [6.45, 7) is 1.59. The van der Waals surface area contributed by atoms with Gasteiger partial charge in [0.1, 0.15) is 5.69 Å². The van der Waals surface area contributed by atoms with E-state index in [0.717, 1.165) is 18.2 Å². The lowest BCUT2D eigenvalue weighted by Gasteiger charge is -2.15. The molecule has 1 aromatic heterocycles. The first kappa shape index (κ1) is 16.5. The number of rotatable bonds is 3. The van der Waals surface area contributed by atoms with Crippen LogP contribution in [-0.4, -0.2) is 15.9 Å². The maximum atomic E-state index is 12.5. The number of amides is 1. The maximum absolute atomic E-state index is 12.5. The zero-order chi connectivity index (χ0) is 17.2. The highest BCUT2D eigenvalue weighted by Gasteiger charge is 2.30. The Morgan fingerprint density at radius 1 is 1.30 bits per heavy atom. The first-order valence-electron chi connectivity index (χ1n) is 6.51. The Hall–Kier alpha value is -2.84. The molecule has 0 aliphatic heterocycles. The van der Waals surface area contributed by atoms with Crippen molar-refractivity contribution in [2.24, 2.45) is 0 Å². The first-order chi connectivity index (χ1) is 10.7. The van der Waals surface area contributed by atoms with Gasteiger partial charge in [-0.2, -0.15) is 13.2 Å². The Kier molecular flexibility index (Phi) is 4.39. The van der Waals surface area contributed by atoms with Gasteiger partial charge in [-0.1, -0.05) is 12.1 Å². The quantitative estimate of drug-likeness (QED) is 0.801. The number of benzene rings is 1. The summed E-state index contributed by atoms with van der Waals surface area (Å²) in [5.41, 5.74) is 4.29. The highest BCUT2D eigenvalue weighted by Crippen LogP contribution is 2.29. The van der Waals surface area contributed by atoms with E-state index >= 15 is 0 Å². The summed E-state index contributed by atoms with van der Waals surface area (Å²) < 4.78 is 37.5. The molecule has 2 aromatic rings. The summed E-state index contributed by atoms with van der Waals surface area (Å²) in [6, 6.07) is 4.81. The van der Waals surface area contributed by atoms with Crippen LogP contribution in [0.4, 0.5) is 19.1 Å². The normalized spacial score (nSPS) is 12.7. The molecule has 4 N–H and O–H groups in total. The molecule has 0 spiro atoms. The lowest BCUT2D eigenvalue weighted by molar-refractivity contribution is -0.137. The number of H-pyrrole nitrogens is 1. The molecule has 23 heavy (non-hydrogen) atoms. The fourth-order valence-electron chi connectivity index (χ4n) is 1.91. The highest BCUT2D eigenvalue weighted by atomic mass is 19.4. The van der Waals surface area contributed by atoms with Gasteiger partial charge in [-0.25, -0.2) is 4.98 Å². The molecule has 0 aliphatic rings. The van der Waals surface area contributed by atoms with Crippen LogP contribution in [0.2, 0.25) is 0 Å². The molecule has 0 bridgehead atoms. The van der Waals surface area contributed by atoms with Gasteiger partial charge in [-0.15, -0.1) is 0 Å². The molecule has 1 amide bonds. The fraction of sp³-hybridized carbons (Fsp3) is 0.214. The summed E-state index contributed by atoms with van der Waals surface area (Å²) >= 11 is 0. The van der Waals surface area contributed by atoms with E-state index in [0.29, 0.717) is 5.56 Å². The van der Waals surface area contributed by atoms with Crippen LogP contribution in [0.15, 0.2) is 35.1 Å². The molecule has 122 valence electrons. The van der Waals surface area contributed by atoms with Gasteiger partial charge in [0.05, 0.1) is 11.6 Å². The zero-order valence-corrected chi connectivity index (χ0v) is 11.9. The second-order valence-corrected chi connectivity index (χ2v) is 4.83. The molecule has 0 unspecified atom stereocenters. The summed E-state index contributed by atoms with van der Waals surface area (Å²) in [6.07, 6.45) is -4.42. The third-order valence-electron chi connectivity index (χ3n) is 3.08. The van der Waals surface area contributed by atoms with E-state index in [9.17, 15) is 22.8 Å². The summed E-state index contributed by atoms with van der Waals surface area (Å²) in [5, 5.41) is 2.53. The largest absolute Gasteiger partial charge is 0.416 e. The minimum Gasteiger partial charge on any atom is -0.369 e. The molecule has 0 saturated heterocycles. The van der Waals surface area contributed by atoms with E-state index in [2.05, 4.69) is 15.3 Å². The number of hydrogen-bond donors (Lipinski definition) is 3.